The number of nitrogens with zero attached hydrogens (tertiary/aromatic N) is 2. The van der Waals surface area contributed by atoms with Crippen LogP contribution in [0.15, 0.2) is 83.8 Å². The first kappa shape index (κ1) is 22.3. The van der Waals surface area contributed by atoms with Gasteiger partial charge >= 0.3 is 0 Å². The molecule has 0 unspecified atom stereocenters. The molecule has 172 valence electrons. The number of benzene rings is 3. The number of anilines is 1. The fourth-order valence-electron chi connectivity index (χ4n) is 4.22. The van der Waals surface area contributed by atoms with Crippen LogP contribution < -0.4 is 5.32 Å². The molecule has 3 aromatic carbocycles. The summed E-state index contributed by atoms with van der Waals surface area (Å²) in [5.74, 6) is -0.276. The number of rotatable bonds is 5. The van der Waals surface area contributed by atoms with Crippen LogP contribution in [0.5, 0.6) is 0 Å². The minimum atomic E-state index is -3.49. The molecule has 1 aromatic heterocycles. The van der Waals surface area contributed by atoms with Gasteiger partial charge in [0.25, 0.3) is 5.91 Å². The van der Waals surface area contributed by atoms with Crippen LogP contribution in [0.3, 0.4) is 0 Å². The molecule has 0 spiro atoms. The number of hydrogen-bond donors (Lipinski definition) is 1. The predicted molar refractivity (Wildman–Crippen MR) is 134 cm³/mol. The highest BCUT2D eigenvalue weighted by Crippen LogP contribution is 2.27. The fraction of sp³-hybridized carbons (Fsp3) is 0.185. The van der Waals surface area contributed by atoms with Gasteiger partial charge in [0.2, 0.25) is 10.0 Å². The normalized spacial score (nSPS) is 14.4. The third kappa shape index (κ3) is 4.32. The SMILES string of the molecule is Cc1ccc(-c2cc(C(=O)Nc3ccc(S(=O)(=O)N4CCCC4)cc3)c3ccccc3n2)cc1. The molecule has 1 aliphatic heterocycles. The van der Waals surface area contributed by atoms with Gasteiger partial charge in [-0.2, -0.15) is 4.31 Å². The summed E-state index contributed by atoms with van der Waals surface area (Å²) in [6, 6.07) is 23.7. The van der Waals surface area contributed by atoms with Crippen molar-refractivity contribution in [1.29, 1.82) is 0 Å². The molecule has 5 rings (SSSR count). The Labute approximate surface area is 199 Å². The van der Waals surface area contributed by atoms with Gasteiger partial charge in [0.15, 0.2) is 0 Å². The number of aryl methyl sites for hydroxylation is 1. The van der Waals surface area contributed by atoms with Crippen LogP contribution in [0.4, 0.5) is 5.69 Å². The van der Waals surface area contributed by atoms with E-state index in [2.05, 4.69) is 5.32 Å². The van der Waals surface area contributed by atoms with E-state index in [1.54, 1.807) is 30.3 Å². The number of pyridine rings is 1. The number of aromatic nitrogens is 1. The zero-order chi connectivity index (χ0) is 23.7. The van der Waals surface area contributed by atoms with Crippen LogP contribution in [0, 0.1) is 6.92 Å². The number of fused-ring (bicyclic) bond motifs is 1. The molecule has 0 saturated carbocycles. The molecule has 0 radical (unpaired) electrons. The smallest absolute Gasteiger partial charge is 0.256 e. The van der Waals surface area contributed by atoms with Crippen LogP contribution in [0.25, 0.3) is 22.2 Å². The molecule has 0 atom stereocenters. The molecular weight excluding hydrogens is 446 g/mol. The van der Waals surface area contributed by atoms with E-state index in [1.165, 1.54) is 4.31 Å². The van der Waals surface area contributed by atoms with E-state index in [0.717, 1.165) is 40.6 Å². The third-order valence-electron chi connectivity index (χ3n) is 6.12. The molecule has 6 nitrogen and oxygen atoms in total. The summed E-state index contributed by atoms with van der Waals surface area (Å²) in [7, 11) is -3.49. The van der Waals surface area contributed by atoms with Crippen molar-refractivity contribution in [1.82, 2.24) is 9.29 Å². The second kappa shape index (κ2) is 9.00. The molecule has 1 N–H and O–H groups in total. The van der Waals surface area contributed by atoms with E-state index in [0.29, 0.717) is 24.3 Å². The van der Waals surface area contributed by atoms with Crippen molar-refractivity contribution < 1.29 is 13.2 Å². The average molecular weight is 472 g/mol. The highest BCUT2D eigenvalue weighted by Gasteiger charge is 2.27. The van der Waals surface area contributed by atoms with E-state index in [9.17, 15) is 13.2 Å². The fourth-order valence-corrected chi connectivity index (χ4v) is 5.74. The highest BCUT2D eigenvalue weighted by molar-refractivity contribution is 7.89. The lowest BCUT2D eigenvalue weighted by Crippen LogP contribution is -2.27. The van der Waals surface area contributed by atoms with Crippen LogP contribution in [-0.4, -0.2) is 36.7 Å². The van der Waals surface area contributed by atoms with Gasteiger partial charge in [0, 0.05) is 29.7 Å². The molecule has 2 heterocycles. The van der Waals surface area contributed by atoms with Crippen LogP contribution in [-0.2, 0) is 10.0 Å². The van der Waals surface area contributed by atoms with Gasteiger partial charge in [-0.05, 0) is 56.2 Å². The topological polar surface area (TPSA) is 79.4 Å². The largest absolute Gasteiger partial charge is 0.322 e. The molecule has 1 fully saturated rings. The Morgan fingerprint density at radius 1 is 0.912 bits per heavy atom. The first-order chi connectivity index (χ1) is 16.4. The Morgan fingerprint density at radius 3 is 2.29 bits per heavy atom. The molecule has 4 aromatic rings. The van der Waals surface area contributed by atoms with Crippen LogP contribution >= 0.6 is 0 Å². The lowest BCUT2D eigenvalue weighted by Gasteiger charge is -2.16. The van der Waals surface area contributed by atoms with E-state index >= 15 is 0 Å². The maximum absolute atomic E-state index is 13.3. The Bertz CT molecular complexity index is 1460. The van der Waals surface area contributed by atoms with Crippen molar-refractivity contribution in [3.8, 4) is 11.3 Å². The van der Waals surface area contributed by atoms with E-state index in [4.69, 9.17) is 4.98 Å². The van der Waals surface area contributed by atoms with Crippen LogP contribution in [0.2, 0.25) is 0 Å². The zero-order valence-corrected chi connectivity index (χ0v) is 19.7. The Kier molecular flexibility index (Phi) is 5.89. The van der Waals surface area contributed by atoms with Gasteiger partial charge in [-0.1, -0.05) is 48.0 Å². The second-order valence-corrected chi connectivity index (χ2v) is 10.5. The summed E-state index contributed by atoms with van der Waals surface area (Å²) < 4.78 is 27.0. The average Bonchev–Trinajstić information content (AvgIpc) is 3.40. The highest BCUT2D eigenvalue weighted by atomic mass is 32.2. The predicted octanol–water partition coefficient (Wildman–Crippen LogP) is 5.25. The van der Waals surface area contributed by atoms with E-state index < -0.39 is 10.0 Å². The molecule has 1 amide bonds. The van der Waals surface area contributed by atoms with Gasteiger partial charge in [-0.3, -0.25) is 4.79 Å². The van der Waals surface area contributed by atoms with Gasteiger partial charge in [0.1, 0.15) is 0 Å². The molecule has 7 heteroatoms. The molecule has 34 heavy (non-hydrogen) atoms. The van der Waals surface area contributed by atoms with Gasteiger partial charge in [0.05, 0.1) is 21.7 Å². The van der Waals surface area contributed by atoms with Gasteiger partial charge in [-0.25, -0.2) is 13.4 Å². The number of sulfonamides is 1. The summed E-state index contributed by atoms with van der Waals surface area (Å²) in [5, 5.41) is 3.67. The summed E-state index contributed by atoms with van der Waals surface area (Å²) in [6.45, 7) is 3.14. The van der Waals surface area contributed by atoms with Gasteiger partial charge < -0.3 is 5.32 Å². The minimum Gasteiger partial charge on any atom is -0.322 e. The lowest BCUT2D eigenvalue weighted by molar-refractivity contribution is 0.102. The summed E-state index contributed by atoms with van der Waals surface area (Å²) >= 11 is 0. The number of hydrogen-bond acceptors (Lipinski definition) is 4. The third-order valence-corrected chi connectivity index (χ3v) is 8.04. The van der Waals surface area contributed by atoms with Crippen molar-refractivity contribution >= 4 is 32.5 Å². The number of nitrogens with one attached hydrogen (secondary N) is 1. The second-order valence-electron chi connectivity index (χ2n) is 8.53. The Balaban J connectivity index is 1.45. The molecule has 1 aliphatic rings. The number of para-hydroxylation sites is 1. The van der Waals surface area contributed by atoms with Gasteiger partial charge in [-0.15, -0.1) is 0 Å². The summed E-state index contributed by atoms with van der Waals surface area (Å²) in [6.07, 6.45) is 1.77. The Hall–Kier alpha value is -3.55. The number of amides is 1. The quantitative estimate of drug-likeness (QED) is 0.431. The summed E-state index contributed by atoms with van der Waals surface area (Å²) in [4.78, 5) is 18.3. The first-order valence-electron chi connectivity index (χ1n) is 11.3. The van der Waals surface area contributed by atoms with Crippen molar-refractivity contribution in [2.45, 2.75) is 24.7 Å². The summed E-state index contributed by atoms with van der Waals surface area (Å²) in [5.41, 5.74) is 4.58. The van der Waals surface area contributed by atoms with Crippen molar-refractivity contribution in [2.75, 3.05) is 18.4 Å². The standard InChI is InChI=1S/C27H25N3O3S/c1-19-8-10-20(11-9-19)26-18-24(23-6-2-3-7-25(23)29-26)27(31)28-21-12-14-22(15-13-21)34(32,33)30-16-4-5-17-30/h2-3,6-15,18H,4-5,16-17H2,1H3,(H,28,31). The number of carbonyl (C=O) groups excluding carboxylic acids is 1. The lowest BCUT2D eigenvalue weighted by atomic mass is 10.0. The zero-order valence-electron chi connectivity index (χ0n) is 18.9. The van der Waals surface area contributed by atoms with E-state index in [1.807, 2.05) is 55.5 Å². The minimum absolute atomic E-state index is 0.239. The maximum Gasteiger partial charge on any atom is 0.256 e. The van der Waals surface area contributed by atoms with Crippen molar-refractivity contribution in [3.05, 3.63) is 90.0 Å². The molecule has 0 bridgehead atoms. The maximum atomic E-state index is 13.3. The molecule has 0 aliphatic carbocycles. The number of carbonyl (C=O) groups is 1. The van der Waals surface area contributed by atoms with Crippen molar-refractivity contribution in [3.63, 3.8) is 0 Å². The van der Waals surface area contributed by atoms with Crippen LogP contribution in [0.1, 0.15) is 28.8 Å². The first-order valence-corrected chi connectivity index (χ1v) is 12.7. The van der Waals surface area contributed by atoms with E-state index in [-0.39, 0.29) is 10.8 Å². The molecular formula is C27H25N3O3S. The van der Waals surface area contributed by atoms with Crippen molar-refractivity contribution in [2.24, 2.45) is 0 Å². The molecule has 1 saturated heterocycles. The monoisotopic (exact) mass is 471 g/mol. The Morgan fingerprint density at radius 2 is 1.59 bits per heavy atom.